The van der Waals surface area contributed by atoms with Crippen molar-refractivity contribution in [2.45, 2.75) is 45.3 Å². The molecule has 3 N–H and O–H groups in total. The zero-order chi connectivity index (χ0) is 20.1. The lowest BCUT2D eigenvalue weighted by Gasteiger charge is -2.23. The number of aliphatic imine (C=N–C) groups is 1. The topological polar surface area (TPSA) is 81.8 Å². The Bertz CT molecular complexity index is 837. The molecule has 1 saturated heterocycles. The van der Waals surface area contributed by atoms with Gasteiger partial charge < -0.3 is 25.3 Å². The molecular formula is C21H31N5O2. The van der Waals surface area contributed by atoms with Crippen LogP contribution in [0.3, 0.4) is 0 Å². The fourth-order valence-corrected chi connectivity index (χ4v) is 3.52. The maximum atomic E-state index is 12.0. The van der Waals surface area contributed by atoms with E-state index in [1.165, 1.54) is 10.9 Å². The number of ether oxygens (including phenoxy) is 1. The van der Waals surface area contributed by atoms with Crippen molar-refractivity contribution in [3.8, 4) is 0 Å². The molecule has 1 unspecified atom stereocenters. The third kappa shape index (κ3) is 5.18. The van der Waals surface area contributed by atoms with Gasteiger partial charge in [-0.3, -0.25) is 4.99 Å². The summed E-state index contributed by atoms with van der Waals surface area (Å²) in [6.07, 6.45) is 3.51. The highest BCUT2D eigenvalue weighted by Gasteiger charge is 2.27. The van der Waals surface area contributed by atoms with Crippen LogP contribution in [0, 0.1) is 0 Å². The SMILES string of the molecule is CN=C(NCCc1c[nH]c2ccccc12)N1CCC(NC(=O)OC(C)(C)C)C1. The fraction of sp³-hybridized carbons (Fsp3) is 0.524. The normalized spacial score (nSPS) is 17.8. The van der Waals surface area contributed by atoms with Crippen LogP contribution in [0.2, 0.25) is 0 Å². The second kappa shape index (κ2) is 8.54. The largest absolute Gasteiger partial charge is 0.444 e. The fourth-order valence-electron chi connectivity index (χ4n) is 3.52. The van der Waals surface area contributed by atoms with Crippen LogP contribution in [0.15, 0.2) is 35.5 Å². The molecule has 1 amide bonds. The number of fused-ring (bicyclic) bond motifs is 1. The summed E-state index contributed by atoms with van der Waals surface area (Å²) >= 11 is 0. The molecule has 1 aromatic heterocycles. The number of hydrogen-bond acceptors (Lipinski definition) is 3. The molecule has 1 fully saturated rings. The van der Waals surface area contributed by atoms with Crippen LogP contribution in [0.1, 0.15) is 32.8 Å². The Labute approximate surface area is 166 Å². The minimum absolute atomic E-state index is 0.0713. The number of nitrogens with zero attached hydrogens (tertiary/aromatic N) is 2. The Kier molecular flexibility index (Phi) is 6.11. The van der Waals surface area contributed by atoms with E-state index in [0.717, 1.165) is 44.0 Å². The van der Waals surface area contributed by atoms with Gasteiger partial charge in [0.2, 0.25) is 0 Å². The molecule has 0 spiro atoms. The maximum absolute atomic E-state index is 12.0. The molecule has 1 aliphatic rings. The highest BCUT2D eigenvalue weighted by Crippen LogP contribution is 2.18. The van der Waals surface area contributed by atoms with Crippen molar-refractivity contribution in [1.29, 1.82) is 0 Å². The quantitative estimate of drug-likeness (QED) is 0.558. The van der Waals surface area contributed by atoms with E-state index in [9.17, 15) is 4.79 Å². The van der Waals surface area contributed by atoms with E-state index in [-0.39, 0.29) is 12.1 Å². The molecule has 1 aliphatic heterocycles. The lowest BCUT2D eigenvalue weighted by molar-refractivity contribution is 0.0507. The summed E-state index contributed by atoms with van der Waals surface area (Å²) < 4.78 is 5.35. The van der Waals surface area contributed by atoms with E-state index in [4.69, 9.17) is 4.74 Å². The maximum Gasteiger partial charge on any atom is 0.407 e. The van der Waals surface area contributed by atoms with Crippen molar-refractivity contribution < 1.29 is 9.53 Å². The van der Waals surface area contributed by atoms with E-state index in [1.54, 1.807) is 7.05 Å². The number of H-pyrrole nitrogens is 1. The Morgan fingerprint density at radius 1 is 1.36 bits per heavy atom. The Balaban J connectivity index is 1.47. The number of guanidine groups is 1. The van der Waals surface area contributed by atoms with E-state index >= 15 is 0 Å². The average Bonchev–Trinajstić information content (AvgIpc) is 3.24. The van der Waals surface area contributed by atoms with Crippen molar-refractivity contribution in [2.75, 3.05) is 26.7 Å². The number of alkyl carbamates (subject to hydrolysis) is 1. The molecule has 1 atom stereocenters. The van der Waals surface area contributed by atoms with Crippen molar-refractivity contribution in [3.05, 3.63) is 36.0 Å². The zero-order valence-corrected chi connectivity index (χ0v) is 17.2. The van der Waals surface area contributed by atoms with Gasteiger partial charge in [-0.15, -0.1) is 0 Å². The summed E-state index contributed by atoms with van der Waals surface area (Å²) in [5.74, 6) is 0.869. The van der Waals surface area contributed by atoms with Gasteiger partial charge in [-0.05, 0) is 45.2 Å². The summed E-state index contributed by atoms with van der Waals surface area (Å²) in [4.78, 5) is 21.9. The van der Waals surface area contributed by atoms with Crippen molar-refractivity contribution in [3.63, 3.8) is 0 Å². The number of rotatable bonds is 4. The van der Waals surface area contributed by atoms with E-state index in [1.807, 2.05) is 26.8 Å². The smallest absolute Gasteiger partial charge is 0.407 e. The monoisotopic (exact) mass is 385 g/mol. The summed E-state index contributed by atoms with van der Waals surface area (Å²) in [6, 6.07) is 8.41. The first-order valence-corrected chi connectivity index (χ1v) is 9.86. The van der Waals surface area contributed by atoms with Gasteiger partial charge in [-0.25, -0.2) is 4.79 Å². The number of aromatic nitrogens is 1. The first kappa shape index (κ1) is 20.0. The third-order valence-corrected chi connectivity index (χ3v) is 4.77. The first-order chi connectivity index (χ1) is 13.4. The molecule has 2 aromatic rings. The molecule has 152 valence electrons. The minimum Gasteiger partial charge on any atom is -0.444 e. The first-order valence-electron chi connectivity index (χ1n) is 9.86. The highest BCUT2D eigenvalue weighted by molar-refractivity contribution is 5.83. The molecule has 28 heavy (non-hydrogen) atoms. The molecule has 0 saturated carbocycles. The number of carbonyl (C=O) groups excluding carboxylic acids is 1. The van der Waals surface area contributed by atoms with Crippen LogP contribution in [0.4, 0.5) is 4.79 Å². The van der Waals surface area contributed by atoms with Crippen LogP contribution in [-0.4, -0.2) is 60.3 Å². The van der Waals surface area contributed by atoms with Crippen molar-refractivity contribution >= 4 is 23.0 Å². The molecule has 1 aromatic carbocycles. The van der Waals surface area contributed by atoms with Gasteiger partial charge in [-0.2, -0.15) is 0 Å². The third-order valence-electron chi connectivity index (χ3n) is 4.77. The molecule has 0 radical (unpaired) electrons. The average molecular weight is 386 g/mol. The lowest BCUT2D eigenvalue weighted by atomic mass is 10.1. The molecule has 3 rings (SSSR count). The summed E-state index contributed by atoms with van der Waals surface area (Å²) in [6.45, 7) is 7.99. The van der Waals surface area contributed by atoms with Gasteiger partial charge in [0.05, 0.1) is 6.04 Å². The molecule has 2 heterocycles. The van der Waals surface area contributed by atoms with Crippen LogP contribution in [0.5, 0.6) is 0 Å². The second-order valence-electron chi connectivity index (χ2n) is 8.16. The van der Waals surface area contributed by atoms with Gasteiger partial charge in [0.25, 0.3) is 0 Å². The molecule has 0 bridgehead atoms. The number of aromatic amines is 1. The standard InChI is InChI=1S/C21H31N5O2/c1-21(2,3)28-20(27)25-16-10-12-26(14-16)19(22-4)23-11-9-15-13-24-18-8-6-5-7-17(15)18/h5-8,13,16,24H,9-12,14H2,1-4H3,(H,22,23)(H,25,27). The number of hydrogen-bond donors (Lipinski definition) is 3. The molecule has 0 aliphatic carbocycles. The molecule has 7 heteroatoms. The number of likely N-dealkylation sites (tertiary alicyclic amines) is 1. The van der Waals surface area contributed by atoms with Crippen molar-refractivity contribution in [1.82, 2.24) is 20.5 Å². The van der Waals surface area contributed by atoms with Crippen LogP contribution in [0.25, 0.3) is 10.9 Å². The summed E-state index contributed by atoms with van der Waals surface area (Å²) in [5, 5.41) is 7.66. The zero-order valence-electron chi connectivity index (χ0n) is 17.2. The van der Waals surface area contributed by atoms with Crippen LogP contribution < -0.4 is 10.6 Å². The van der Waals surface area contributed by atoms with Crippen LogP contribution in [-0.2, 0) is 11.2 Å². The Morgan fingerprint density at radius 2 is 2.14 bits per heavy atom. The Hall–Kier alpha value is -2.70. The van der Waals surface area contributed by atoms with Gasteiger partial charge in [-0.1, -0.05) is 18.2 Å². The molecular weight excluding hydrogens is 354 g/mol. The molecule has 7 nitrogen and oxygen atoms in total. The van der Waals surface area contributed by atoms with Gasteiger partial charge in [0, 0.05) is 43.8 Å². The van der Waals surface area contributed by atoms with E-state index < -0.39 is 5.60 Å². The number of benzene rings is 1. The number of nitrogens with one attached hydrogen (secondary N) is 3. The second-order valence-corrected chi connectivity index (χ2v) is 8.16. The number of carbonyl (C=O) groups is 1. The summed E-state index contributed by atoms with van der Waals surface area (Å²) in [7, 11) is 1.79. The van der Waals surface area contributed by atoms with E-state index in [2.05, 4.69) is 49.9 Å². The van der Waals surface area contributed by atoms with Gasteiger partial charge in [0.1, 0.15) is 5.60 Å². The minimum atomic E-state index is -0.484. The lowest BCUT2D eigenvalue weighted by Crippen LogP contribution is -2.44. The number of amides is 1. The van der Waals surface area contributed by atoms with Crippen LogP contribution >= 0.6 is 0 Å². The predicted molar refractivity (Wildman–Crippen MR) is 113 cm³/mol. The summed E-state index contributed by atoms with van der Waals surface area (Å²) in [5.41, 5.74) is 1.98. The highest BCUT2D eigenvalue weighted by atomic mass is 16.6. The van der Waals surface area contributed by atoms with Gasteiger partial charge in [0.15, 0.2) is 5.96 Å². The van der Waals surface area contributed by atoms with E-state index in [0.29, 0.717) is 0 Å². The Morgan fingerprint density at radius 3 is 2.89 bits per heavy atom. The predicted octanol–water partition coefficient (Wildman–Crippen LogP) is 2.88. The van der Waals surface area contributed by atoms with Gasteiger partial charge >= 0.3 is 6.09 Å². The number of para-hydroxylation sites is 1. The van der Waals surface area contributed by atoms with Crippen molar-refractivity contribution in [2.24, 2.45) is 4.99 Å².